The monoisotopic (exact) mass is 264 g/mol. The van der Waals surface area contributed by atoms with E-state index in [4.69, 9.17) is 5.11 Å². The van der Waals surface area contributed by atoms with E-state index in [0.29, 0.717) is 6.04 Å². The molecular weight excluding hydrogens is 236 g/mol. The number of aliphatic hydroxyl groups is 1. The average Bonchev–Trinajstić information content (AvgIpc) is 2.46. The zero-order valence-corrected chi connectivity index (χ0v) is 12.7. The smallest absolute Gasteiger partial charge is 0.0471 e. The number of nitrogens with zero attached hydrogens (tertiary/aromatic N) is 1. The molecule has 0 bridgehead atoms. The summed E-state index contributed by atoms with van der Waals surface area (Å²) in [5.41, 5.74) is 2.57. The molecule has 2 atom stereocenters. The van der Waals surface area contributed by atoms with E-state index in [-0.39, 0.29) is 12.5 Å². The van der Waals surface area contributed by atoms with Gasteiger partial charge < -0.3 is 15.3 Å². The van der Waals surface area contributed by atoms with Crippen LogP contribution in [0, 0.1) is 5.92 Å². The first-order valence-corrected chi connectivity index (χ1v) is 7.30. The normalized spacial score (nSPS) is 14.2. The number of rotatable bonds is 8. The molecule has 1 rings (SSSR count). The lowest BCUT2D eigenvalue weighted by Gasteiger charge is -2.22. The second-order valence-electron chi connectivity index (χ2n) is 5.17. The van der Waals surface area contributed by atoms with Crippen LogP contribution in [0.5, 0.6) is 0 Å². The molecule has 1 aromatic rings. The van der Waals surface area contributed by atoms with Crippen LogP contribution in [0.2, 0.25) is 0 Å². The highest BCUT2D eigenvalue weighted by atomic mass is 16.3. The molecule has 19 heavy (non-hydrogen) atoms. The van der Waals surface area contributed by atoms with Crippen molar-refractivity contribution in [3.63, 3.8) is 0 Å². The predicted molar refractivity (Wildman–Crippen MR) is 82.6 cm³/mol. The van der Waals surface area contributed by atoms with Crippen LogP contribution < -0.4 is 10.2 Å². The highest BCUT2D eigenvalue weighted by molar-refractivity contribution is 5.47. The van der Waals surface area contributed by atoms with Crippen LogP contribution in [-0.4, -0.2) is 30.8 Å². The molecule has 108 valence electrons. The van der Waals surface area contributed by atoms with Gasteiger partial charge in [0.1, 0.15) is 0 Å². The van der Waals surface area contributed by atoms with E-state index in [9.17, 15) is 0 Å². The predicted octanol–water partition coefficient (Wildman–Crippen LogP) is 2.64. The lowest BCUT2D eigenvalue weighted by molar-refractivity contribution is 0.207. The van der Waals surface area contributed by atoms with Gasteiger partial charge in [0.2, 0.25) is 0 Å². The summed E-state index contributed by atoms with van der Waals surface area (Å²) in [5.74, 6) is 0.287. The molecule has 3 heteroatoms. The number of hydrogen-bond donors (Lipinski definition) is 2. The third kappa shape index (κ3) is 4.84. The Morgan fingerprint density at radius 3 is 2.16 bits per heavy atom. The quantitative estimate of drug-likeness (QED) is 0.757. The maximum Gasteiger partial charge on any atom is 0.0471 e. The third-order valence-corrected chi connectivity index (χ3v) is 3.83. The first-order valence-electron chi connectivity index (χ1n) is 7.30. The Kier molecular flexibility index (Phi) is 6.89. The zero-order valence-electron chi connectivity index (χ0n) is 12.7. The van der Waals surface area contributed by atoms with Gasteiger partial charge in [0.25, 0.3) is 0 Å². The number of benzene rings is 1. The van der Waals surface area contributed by atoms with Crippen molar-refractivity contribution >= 4 is 5.69 Å². The minimum absolute atomic E-state index is 0.231. The highest BCUT2D eigenvalue weighted by Crippen LogP contribution is 2.15. The molecule has 3 nitrogen and oxygen atoms in total. The molecule has 0 spiro atoms. The maximum absolute atomic E-state index is 9.11. The summed E-state index contributed by atoms with van der Waals surface area (Å²) in [6.45, 7) is 11.7. The molecule has 0 aliphatic heterocycles. The van der Waals surface area contributed by atoms with Crippen LogP contribution in [0.4, 0.5) is 5.69 Å². The molecule has 0 fully saturated rings. The summed E-state index contributed by atoms with van der Waals surface area (Å²) >= 11 is 0. The maximum atomic E-state index is 9.11. The first kappa shape index (κ1) is 16.0. The van der Waals surface area contributed by atoms with Gasteiger partial charge >= 0.3 is 0 Å². The molecule has 0 aliphatic rings. The summed E-state index contributed by atoms with van der Waals surface area (Å²) in [6.07, 6.45) is 0. The largest absolute Gasteiger partial charge is 0.396 e. The molecule has 0 saturated carbocycles. The minimum Gasteiger partial charge on any atom is -0.396 e. The Labute approximate surface area is 117 Å². The number of hydrogen-bond acceptors (Lipinski definition) is 3. The summed E-state index contributed by atoms with van der Waals surface area (Å²) in [5, 5.41) is 12.6. The van der Waals surface area contributed by atoms with Gasteiger partial charge in [-0.3, -0.25) is 0 Å². The standard InChI is InChI=1S/C16H28N2O/c1-5-18(6-2)16-9-7-15(8-10-16)11-17-14(4)13(3)12-19/h7-10,13-14,17,19H,5-6,11-12H2,1-4H3. The van der Waals surface area contributed by atoms with E-state index in [2.05, 4.69) is 62.2 Å². The third-order valence-electron chi connectivity index (χ3n) is 3.83. The summed E-state index contributed by atoms with van der Waals surface area (Å²) < 4.78 is 0. The number of aliphatic hydroxyl groups excluding tert-OH is 1. The number of nitrogens with one attached hydrogen (secondary N) is 1. The van der Waals surface area contributed by atoms with Crippen LogP contribution in [0.3, 0.4) is 0 Å². The molecular formula is C16H28N2O. The van der Waals surface area contributed by atoms with Crippen molar-refractivity contribution in [2.75, 3.05) is 24.6 Å². The second kappa shape index (κ2) is 8.18. The Morgan fingerprint density at radius 2 is 1.68 bits per heavy atom. The molecule has 0 radical (unpaired) electrons. The lowest BCUT2D eigenvalue weighted by Crippen LogP contribution is -2.33. The van der Waals surface area contributed by atoms with Crippen LogP contribution in [0.15, 0.2) is 24.3 Å². The average molecular weight is 264 g/mol. The zero-order chi connectivity index (χ0) is 14.3. The van der Waals surface area contributed by atoms with E-state index in [1.807, 2.05) is 0 Å². The van der Waals surface area contributed by atoms with Gasteiger partial charge in [-0.2, -0.15) is 0 Å². The molecule has 0 saturated heterocycles. The molecule has 0 aliphatic carbocycles. The van der Waals surface area contributed by atoms with E-state index in [0.717, 1.165) is 19.6 Å². The van der Waals surface area contributed by atoms with Crippen molar-refractivity contribution in [2.45, 2.75) is 40.3 Å². The van der Waals surface area contributed by atoms with Gasteiger partial charge in [0, 0.05) is 38.0 Å². The van der Waals surface area contributed by atoms with Crippen molar-refractivity contribution in [3.05, 3.63) is 29.8 Å². The van der Waals surface area contributed by atoms with Crippen LogP contribution >= 0.6 is 0 Å². The van der Waals surface area contributed by atoms with Crippen LogP contribution in [0.1, 0.15) is 33.3 Å². The van der Waals surface area contributed by atoms with Gasteiger partial charge in [0.05, 0.1) is 0 Å². The van der Waals surface area contributed by atoms with E-state index >= 15 is 0 Å². The van der Waals surface area contributed by atoms with Gasteiger partial charge in [-0.25, -0.2) is 0 Å². The second-order valence-corrected chi connectivity index (χ2v) is 5.17. The molecule has 1 aromatic carbocycles. The van der Waals surface area contributed by atoms with Crippen molar-refractivity contribution in [1.82, 2.24) is 5.32 Å². The van der Waals surface area contributed by atoms with Crippen molar-refractivity contribution in [3.8, 4) is 0 Å². The molecule has 0 amide bonds. The van der Waals surface area contributed by atoms with E-state index in [1.54, 1.807) is 0 Å². The highest BCUT2D eigenvalue weighted by Gasteiger charge is 2.10. The summed E-state index contributed by atoms with van der Waals surface area (Å²) in [4.78, 5) is 2.34. The molecule has 0 aromatic heterocycles. The van der Waals surface area contributed by atoms with Gasteiger partial charge in [-0.1, -0.05) is 19.1 Å². The fraction of sp³-hybridized carbons (Fsp3) is 0.625. The molecule has 2 unspecified atom stereocenters. The Bertz CT molecular complexity index is 346. The van der Waals surface area contributed by atoms with Crippen molar-refractivity contribution in [2.24, 2.45) is 5.92 Å². The fourth-order valence-corrected chi connectivity index (χ4v) is 2.05. The van der Waals surface area contributed by atoms with Crippen molar-refractivity contribution < 1.29 is 5.11 Å². The SMILES string of the molecule is CCN(CC)c1ccc(CNC(C)C(C)CO)cc1. The number of anilines is 1. The van der Waals surface area contributed by atoms with Crippen LogP contribution in [-0.2, 0) is 6.54 Å². The Morgan fingerprint density at radius 1 is 1.11 bits per heavy atom. The van der Waals surface area contributed by atoms with E-state index < -0.39 is 0 Å². The van der Waals surface area contributed by atoms with Gasteiger partial charge in [-0.15, -0.1) is 0 Å². The van der Waals surface area contributed by atoms with Gasteiger partial charge in [-0.05, 0) is 44.4 Å². The lowest BCUT2D eigenvalue weighted by atomic mass is 10.0. The fourth-order valence-electron chi connectivity index (χ4n) is 2.05. The van der Waals surface area contributed by atoms with Crippen LogP contribution in [0.25, 0.3) is 0 Å². The molecule has 2 N–H and O–H groups in total. The van der Waals surface area contributed by atoms with Gasteiger partial charge in [0.15, 0.2) is 0 Å². The van der Waals surface area contributed by atoms with E-state index in [1.165, 1.54) is 11.3 Å². The minimum atomic E-state index is 0.231. The Hall–Kier alpha value is -1.06. The first-order chi connectivity index (χ1) is 9.12. The van der Waals surface area contributed by atoms with Crippen molar-refractivity contribution in [1.29, 1.82) is 0 Å². The topological polar surface area (TPSA) is 35.5 Å². The summed E-state index contributed by atoms with van der Waals surface area (Å²) in [6, 6.07) is 9.05. The Balaban J connectivity index is 2.53. The summed E-state index contributed by atoms with van der Waals surface area (Å²) in [7, 11) is 0. The molecule has 0 heterocycles.